The molecule has 0 aliphatic carbocycles. The molecule has 0 bridgehead atoms. The van der Waals surface area contributed by atoms with Crippen LogP contribution in [0, 0.1) is 5.82 Å². The molecule has 1 nitrogen and oxygen atoms in total. The number of benzene rings is 2. The highest BCUT2D eigenvalue weighted by molar-refractivity contribution is 9.10. The van der Waals surface area contributed by atoms with Crippen molar-refractivity contribution in [3.63, 3.8) is 0 Å². The van der Waals surface area contributed by atoms with Crippen molar-refractivity contribution in [3.8, 4) is 0 Å². The lowest BCUT2D eigenvalue weighted by Gasteiger charge is -2.11. The van der Waals surface area contributed by atoms with Crippen molar-refractivity contribution in [2.75, 3.05) is 5.32 Å². The normalized spacial score (nSPS) is 17.6. The molecular formula is C14H11BrFN. The van der Waals surface area contributed by atoms with Crippen LogP contribution in [0.5, 0.6) is 0 Å². The van der Waals surface area contributed by atoms with Crippen molar-refractivity contribution >= 4 is 21.6 Å². The number of nitrogens with one attached hydrogen (secondary N) is 1. The number of hydrogen-bond acceptors (Lipinski definition) is 1. The van der Waals surface area contributed by atoms with Gasteiger partial charge in [-0.05, 0) is 41.8 Å². The summed E-state index contributed by atoms with van der Waals surface area (Å²) in [5, 5.41) is 3.46. The fourth-order valence-electron chi connectivity index (χ4n) is 2.22. The molecule has 3 rings (SSSR count). The van der Waals surface area contributed by atoms with Gasteiger partial charge in [-0.3, -0.25) is 0 Å². The average Bonchev–Trinajstić information content (AvgIpc) is 2.72. The fraction of sp³-hybridized carbons (Fsp3) is 0.143. The van der Waals surface area contributed by atoms with E-state index in [0.717, 1.165) is 22.1 Å². The van der Waals surface area contributed by atoms with Crippen LogP contribution in [0.15, 0.2) is 46.9 Å². The van der Waals surface area contributed by atoms with Gasteiger partial charge in [-0.1, -0.05) is 34.1 Å². The molecule has 0 saturated heterocycles. The summed E-state index contributed by atoms with van der Waals surface area (Å²) in [4.78, 5) is 0. The Morgan fingerprint density at radius 3 is 2.65 bits per heavy atom. The third-order valence-corrected chi connectivity index (χ3v) is 3.59. The van der Waals surface area contributed by atoms with Crippen LogP contribution in [0.1, 0.15) is 17.2 Å². The molecule has 17 heavy (non-hydrogen) atoms. The molecule has 1 atom stereocenters. The van der Waals surface area contributed by atoms with Crippen molar-refractivity contribution < 1.29 is 4.39 Å². The van der Waals surface area contributed by atoms with E-state index in [1.807, 2.05) is 18.2 Å². The van der Waals surface area contributed by atoms with Crippen molar-refractivity contribution in [3.05, 3.63) is 63.9 Å². The van der Waals surface area contributed by atoms with Crippen LogP contribution >= 0.6 is 15.9 Å². The Morgan fingerprint density at radius 1 is 1.12 bits per heavy atom. The zero-order valence-corrected chi connectivity index (χ0v) is 10.7. The SMILES string of the molecule is Fc1ccc(C2Cc3ccc(Br)cc3N2)cc1. The second-order valence-corrected chi connectivity index (χ2v) is 5.17. The smallest absolute Gasteiger partial charge is 0.123 e. The van der Waals surface area contributed by atoms with E-state index in [1.54, 1.807) is 0 Å². The van der Waals surface area contributed by atoms with Crippen LogP contribution in [0.4, 0.5) is 10.1 Å². The molecule has 0 spiro atoms. The number of hydrogen-bond donors (Lipinski definition) is 1. The van der Waals surface area contributed by atoms with Gasteiger partial charge in [0.1, 0.15) is 5.82 Å². The lowest BCUT2D eigenvalue weighted by molar-refractivity contribution is 0.626. The Bertz CT molecular complexity index is 551. The summed E-state index contributed by atoms with van der Waals surface area (Å²) in [6.07, 6.45) is 0.953. The number of halogens is 2. The summed E-state index contributed by atoms with van der Waals surface area (Å²) in [5.41, 5.74) is 3.59. The van der Waals surface area contributed by atoms with Gasteiger partial charge >= 0.3 is 0 Å². The van der Waals surface area contributed by atoms with Crippen LogP contribution in [0.3, 0.4) is 0 Å². The molecule has 3 heteroatoms. The number of anilines is 1. The van der Waals surface area contributed by atoms with E-state index in [2.05, 4.69) is 33.4 Å². The summed E-state index contributed by atoms with van der Waals surface area (Å²) in [6.45, 7) is 0. The van der Waals surface area contributed by atoms with Gasteiger partial charge in [-0.25, -0.2) is 4.39 Å². The van der Waals surface area contributed by atoms with E-state index in [4.69, 9.17) is 0 Å². The molecule has 86 valence electrons. The molecule has 1 aliphatic heterocycles. The first-order chi connectivity index (χ1) is 8.22. The molecule has 0 saturated carbocycles. The van der Waals surface area contributed by atoms with Crippen LogP contribution < -0.4 is 5.32 Å². The Balaban J connectivity index is 1.88. The molecule has 2 aromatic rings. The Morgan fingerprint density at radius 2 is 1.88 bits per heavy atom. The van der Waals surface area contributed by atoms with Crippen LogP contribution in [0.25, 0.3) is 0 Å². The molecule has 1 N–H and O–H groups in total. The Labute approximate surface area is 108 Å². The van der Waals surface area contributed by atoms with Crippen molar-refractivity contribution in [1.82, 2.24) is 0 Å². The Kier molecular flexibility index (Phi) is 2.63. The highest BCUT2D eigenvalue weighted by atomic mass is 79.9. The summed E-state index contributed by atoms with van der Waals surface area (Å²) in [6, 6.07) is 13.2. The highest BCUT2D eigenvalue weighted by Crippen LogP contribution is 2.35. The molecule has 2 aromatic carbocycles. The topological polar surface area (TPSA) is 12.0 Å². The predicted molar refractivity (Wildman–Crippen MR) is 70.6 cm³/mol. The molecule has 0 fully saturated rings. The standard InChI is InChI=1S/C14H11BrFN/c15-11-4-1-10-7-13(17-14(10)8-11)9-2-5-12(16)6-3-9/h1-6,8,13,17H,7H2. The summed E-state index contributed by atoms with van der Waals surface area (Å²) >= 11 is 3.46. The molecule has 1 unspecified atom stereocenters. The van der Waals surface area contributed by atoms with E-state index in [0.29, 0.717) is 0 Å². The van der Waals surface area contributed by atoms with Gasteiger partial charge < -0.3 is 5.32 Å². The molecule has 0 amide bonds. The minimum atomic E-state index is -0.188. The third kappa shape index (κ3) is 2.07. The monoisotopic (exact) mass is 291 g/mol. The van der Waals surface area contributed by atoms with E-state index < -0.39 is 0 Å². The number of fused-ring (bicyclic) bond motifs is 1. The molecular weight excluding hydrogens is 281 g/mol. The minimum absolute atomic E-state index is 0.188. The summed E-state index contributed by atoms with van der Waals surface area (Å²) in [5.74, 6) is -0.188. The van der Waals surface area contributed by atoms with Crippen molar-refractivity contribution in [2.45, 2.75) is 12.5 Å². The second kappa shape index (κ2) is 4.15. The van der Waals surface area contributed by atoms with E-state index in [9.17, 15) is 4.39 Å². The molecule has 1 aliphatic rings. The molecule has 0 radical (unpaired) electrons. The predicted octanol–water partition coefficient (Wildman–Crippen LogP) is 4.30. The maximum Gasteiger partial charge on any atom is 0.123 e. The first-order valence-corrected chi connectivity index (χ1v) is 6.32. The lowest BCUT2D eigenvalue weighted by Crippen LogP contribution is -2.05. The molecule has 1 heterocycles. The van der Waals surface area contributed by atoms with Crippen LogP contribution in [0.2, 0.25) is 0 Å². The zero-order chi connectivity index (χ0) is 11.8. The van der Waals surface area contributed by atoms with Gasteiger partial charge in [0.25, 0.3) is 0 Å². The largest absolute Gasteiger partial charge is 0.378 e. The van der Waals surface area contributed by atoms with Gasteiger partial charge in [-0.2, -0.15) is 0 Å². The average molecular weight is 292 g/mol. The maximum atomic E-state index is 12.9. The van der Waals surface area contributed by atoms with Crippen molar-refractivity contribution in [1.29, 1.82) is 0 Å². The van der Waals surface area contributed by atoms with Gasteiger partial charge in [0.15, 0.2) is 0 Å². The number of rotatable bonds is 1. The minimum Gasteiger partial charge on any atom is -0.378 e. The van der Waals surface area contributed by atoms with E-state index in [-0.39, 0.29) is 11.9 Å². The fourth-order valence-corrected chi connectivity index (χ4v) is 2.58. The van der Waals surface area contributed by atoms with Gasteiger partial charge in [-0.15, -0.1) is 0 Å². The van der Waals surface area contributed by atoms with Crippen LogP contribution in [-0.2, 0) is 6.42 Å². The van der Waals surface area contributed by atoms with Gasteiger partial charge in [0.2, 0.25) is 0 Å². The lowest BCUT2D eigenvalue weighted by atomic mass is 10.0. The van der Waals surface area contributed by atoms with Gasteiger partial charge in [0.05, 0.1) is 6.04 Å². The highest BCUT2D eigenvalue weighted by Gasteiger charge is 2.21. The first kappa shape index (κ1) is 10.8. The van der Waals surface area contributed by atoms with Crippen LogP contribution in [-0.4, -0.2) is 0 Å². The third-order valence-electron chi connectivity index (χ3n) is 3.10. The quantitative estimate of drug-likeness (QED) is 0.826. The van der Waals surface area contributed by atoms with Crippen molar-refractivity contribution in [2.24, 2.45) is 0 Å². The zero-order valence-electron chi connectivity index (χ0n) is 9.08. The second-order valence-electron chi connectivity index (χ2n) is 4.25. The summed E-state index contributed by atoms with van der Waals surface area (Å²) < 4.78 is 13.9. The van der Waals surface area contributed by atoms with E-state index >= 15 is 0 Å². The summed E-state index contributed by atoms with van der Waals surface area (Å²) in [7, 11) is 0. The first-order valence-electron chi connectivity index (χ1n) is 5.53. The van der Waals surface area contributed by atoms with E-state index in [1.165, 1.54) is 17.7 Å². The Hall–Kier alpha value is -1.35. The maximum absolute atomic E-state index is 12.9. The van der Waals surface area contributed by atoms with Gasteiger partial charge in [0, 0.05) is 10.2 Å². The molecule has 0 aromatic heterocycles.